The Morgan fingerprint density at radius 1 is 0.923 bits per heavy atom. The maximum absolute atomic E-state index is 12.3. The number of anilines is 1. The first kappa shape index (κ1) is 17.4. The van der Waals surface area contributed by atoms with Gasteiger partial charge in [-0.3, -0.25) is 10.2 Å². The van der Waals surface area contributed by atoms with Gasteiger partial charge in [-0.1, -0.05) is 30.3 Å². The van der Waals surface area contributed by atoms with Crippen LogP contribution in [0.5, 0.6) is 0 Å². The highest BCUT2D eigenvalue weighted by Gasteiger charge is 2.15. The molecule has 7 nitrogen and oxygen atoms in total. The Bertz CT molecular complexity index is 983. The summed E-state index contributed by atoms with van der Waals surface area (Å²) >= 11 is 1.45. The highest BCUT2D eigenvalue weighted by atomic mass is 32.1. The maximum atomic E-state index is 12.3. The van der Waals surface area contributed by atoms with Crippen molar-refractivity contribution in [3.05, 3.63) is 65.0 Å². The lowest BCUT2D eigenvalue weighted by molar-refractivity contribution is 0.0601. The maximum Gasteiger partial charge on any atom is 0.339 e. The van der Waals surface area contributed by atoms with Gasteiger partial charge in [-0.25, -0.2) is 15.0 Å². The zero-order valence-corrected chi connectivity index (χ0v) is 14.6. The molecular weight excluding hydrogens is 354 g/mol. The third kappa shape index (κ3) is 3.65. The normalized spacial score (nSPS) is 10.2. The molecule has 0 aliphatic rings. The van der Waals surface area contributed by atoms with E-state index in [2.05, 4.69) is 20.9 Å². The summed E-state index contributed by atoms with van der Waals surface area (Å²) in [7, 11) is 1.25. The Kier molecular flexibility index (Phi) is 5.14. The largest absolute Gasteiger partial charge is 0.465 e. The van der Waals surface area contributed by atoms with Crippen molar-refractivity contribution in [1.29, 1.82) is 0 Å². The monoisotopic (exact) mass is 369 g/mol. The molecule has 0 saturated heterocycles. The van der Waals surface area contributed by atoms with Gasteiger partial charge in [0, 0.05) is 15.5 Å². The molecule has 0 fully saturated rings. The number of amides is 3. The van der Waals surface area contributed by atoms with Crippen molar-refractivity contribution in [2.24, 2.45) is 0 Å². The van der Waals surface area contributed by atoms with Gasteiger partial charge in [0.15, 0.2) is 0 Å². The molecule has 0 bridgehead atoms. The summed E-state index contributed by atoms with van der Waals surface area (Å²) in [5, 5.41) is 5.04. The smallest absolute Gasteiger partial charge is 0.339 e. The molecule has 0 saturated carbocycles. The van der Waals surface area contributed by atoms with Crippen molar-refractivity contribution < 1.29 is 19.1 Å². The number of esters is 1. The number of nitrogens with one attached hydrogen (secondary N) is 3. The van der Waals surface area contributed by atoms with Crippen LogP contribution in [0.2, 0.25) is 0 Å². The predicted octanol–water partition coefficient (Wildman–Crippen LogP) is 3.15. The number of rotatable bonds is 3. The van der Waals surface area contributed by atoms with Crippen LogP contribution in [0.15, 0.2) is 53.9 Å². The van der Waals surface area contributed by atoms with Gasteiger partial charge in [0.05, 0.1) is 23.9 Å². The number of para-hydroxylation sites is 1. The van der Waals surface area contributed by atoms with Gasteiger partial charge in [-0.05, 0) is 18.2 Å². The number of carbonyl (C=O) groups is 3. The van der Waals surface area contributed by atoms with Crippen molar-refractivity contribution in [2.45, 2.75) is 0 Å². The van der Waals surface area contributed by atoms with E-state index >= 15 is 0 Å². The summed E-state index contributed by atoms with van der Waals surface area (Å²) in [5.41, 5.74) is 5.57. The van der Waals surface area contributed by atoms with Crippen LogP contribution in [0.3, 0.4) is 0 Å². The fourth-order valence-electron chi connectivity index (χ4n) is 2.37. The summed E-state index contributed by atoms with van der Waals surface area (Å²) < 4.78 is 5.65. The van der Waals surface area contributed by atoms with Crippen molar-refractivity contribution in [1.82, 2.24) is 10.9 Å². The van der Waals surface area contributed by atoms with Crippen LogP contribution in [0.1, 0.15) is 20.7 Å². The Hall–Kier alpha value is -3.39. The first-order valence-electron chi connectivity index (χ1n) is 7.61. The summed E-state index contributed by atoms with van der Waals surface area (Å²) in [6.45, 7) is 0. The number of hydrogen-bond acceptors (Lipinski definition) is 5. The van der Waals surface area contributed by atoms with E-state index in [1.807, 2.05) is 24.3 Å². The zero-order chi connectivity index (χ0) is 18.5. The topological polar surface area (TPSA) is 96.5 Å². The van der Waals surface area contributed by atoms with Crippen molar-refractivity contribution in [2.75, 3.05) is 12.4 Å². The number of thiophene rings is 1. The Morgan fingerprint density at radius 3 is 2.46 bits per heavy atom. The number of urea groups is 1. The van der Waals surface area contributed by atoms with Crippen LogP contribution in [0, 0.1) is 0 Å². The van der Waals surface area contributed by atoms with E-state index in [9.17, 15) is 14.4 Å². The molecule has 26 heavy (non-hydrogen) atoms. The molecule has 2 aromatic carbocycles. The predicted molar refractivity (Wildman–Crippen MR) is 99.2 cm³/mol. The lowest BCUT2D eigenvalue weighted by atomic mass is 10.2. The minimum Gasteiger partial charge on any atom is -0.465 e. The van der Waals surface area contributed by atoms with Gasteiger partial charge in [0.2, 0.25) is 0 Å². The molecule has 1 heterocycles. The van der Waals surface area contributed by atoms with E-state index < -0.39 is 17.9 Å². The molecule has 3 amide bonds. The SMILES string of the molecule is COC(=O)c1ccccc1NC(=O)NNC(=O)c1csc2ccccc12. The first-order valence-corrected chi connectivity index (χ1v) is 8.49. The average Bonchev–Trinajstić information content (AvgIpc) is 3.10. The summed E-state index contributed by atoms with van der Waals surface area (Å²) in [5.74, 6) is -1.01. The Labute approximate surface area is 152 Å². The number of carbonyl (C=O) groups excluding carboxylic acids is 3. The molecule has 0 spiro atoms. The molecule has 0 radical (unpaired) electrons. The molecule has 8 heteroatoms. The van der Waals surface area contributed by atoms with Crippen LogP contribution in [0.25, 0.3) is 10.1 Å². The molecule has 3 N–H and O–H groups in total. The van der Waals surface area contributed by atoms with Gasteiger partial charge >= 0.3 is 12.0 Å². The van der Waals surface area contributed by atoms with Crippen LogP contribution >= 0.6 is 11.3 Å². The van der Waals surface area contributed by atoms with E-state index in [0.717, 1.165) is 10.1 Å². The molecule has 3 rings (SSSR count). The van der Waals surface area contributed by atoms with E-state index in [1.165, 1.54) is 24.5 Å². The first-order chi connectivity index (χ1) is 12.6. The number of benzene rings is 2. The van der Waals surface area contributed by atoms with Gasteiger partial charge in [-0.2, -0.15) is 0 Å². The number of fused-ring (bicyclic) bond motifs is 1. The molecule has 132 valence electrons. The molecular formula is C18H15N3O4S. The number of hydrazine groups is 1. The molecule has 0 aliphatic carbocycles. The minimum atomic E-state index is -0.686. The quantitative estimate of drug-likeness (QED) is 0.488. The lowest BCUT2D eigenvalue weighted by Gasteiger charge is -2.11. The molecule has 0 atom stereocenters. The van der Waals surface area contributed by atoms with Gasteiger partial charge in [0.1, 0.15) is 0 Å². The van der Waals surface area contributed by atoms with E-state index in [4.69, 9.17) is 0 Å². The standard InChI is InChI=1S/C18H15N3O4S/c1-25-17(23)12-7-2-4-8-14(12)19-18(24)21-20-16(22)13-10-26-15-9-5-3-6-11(13)15/h2-10H,1H3,(H,20,22)(H2,19,21,24). The van der Waals surface area contributed by atoms with Crippen LogP contribution in [-0.2, 0) is 4.74 Å². The fraction of sp³-hybridized carbons (Fsp3) is 0.0556. The molecule has 0 aliphatic heterocycles. The Balaban J connectivity index is 1.65. The number of hydrogen-bond donors (Lipinski definition) is 3. The van der Waals surface area contributed by atoms with Gasteiger partial charge in [-0.15, -0.1) is 11.3 Å². The van der Waals surface area contributed by atoms with E-state index in [0.29, 0.717) is 5.56 Å². The third-order valence-electron chi connectivity index (χ3n) is 3.60. The van der Waals surface area contributed by atoms with Gasteiger partial charge in [0.25, 0.3) is 5.91 Å². The van der Waals surface area contributed by atoms with Crippen molar-refractivity contribution in [3.63, 3.8) is 0 Å². The molecule has 1 aromatic heterocycles. The zero-order valence-electron chi connectivity index (χ0n) is 13.7. The van der Waals surface area contributed by atoms with Gasteiger partial charge < -0.3 is 10.1 Å². The lowest BCUT2D eigenvalue weighted by Crippen LogP contribution is -2.44. The van der Waals surface area contributed by atoms with Crippen LogP contribution < -0.4 is 16.2 Å². The third-order valence-corrected chi connectivity index (χ3v) is 4.56. The molecule has 0 unspecified atom stereocenters. The number of ether oxygens (including phenoxy) is 1. The number of methoxy groups -OCH3 is 1. The van der Waals surface area contributed by atoms with Crippen molar-refractivity contribution >= 4 is 45.0 Å². The summed E-state index contributed by atoms with van der Waals surface area (Å²) in [6.07, 6.45) is 0. The second-order valence-corrected chi connectivity index (χ2v) is 6.13. The highest BCUT2D eigenvalue weighted by Crippen LogP contribution is 2.25. The minimum absolute atomic E-state index is 0.209. The summed E-state index contributed by atoms with van der Waals surface area (Å²) in [6, 6.07) is 13.2. The molecule has 3 aromatic rings. The van der Waals surface area contributed by atoms with E-state index in [-0.39, 0.29) is 11.3 Å². The Morgan fingerprint density at radius 2 is 1.65 bits per heavy atom. The average molecular weight is 369 g/mol. The van der Waals surface area contributed by atoms with Crippen LogP contribution in [-0.4, -0.2) is 25.0 Å². The fourth-order valence-corrected chi connectivity index (χ4v) is 3.31. The van der Waals surface area contributed by atoms with Crippen LogP contribution in [0.4, 0.5) is 10.5 Å². The second-order valence-electron chi connectivity index (χ2n) is 5.22. The highest BCUT2D eigenvalue weighted by molar-refractivity contribution is 7.17. The summed E-state index contributed by atoms with van der Waals surface area (Å²) in [4.78, 5) is 36.0. The van der Waals surface area contributed by atoms with E-state index in [1.54, 1.807) is 23.6 Å². The second kappa shape index (κ2) is 7.66. The van der Waals surface area contributed by atoms with Crippen molar-refractivity contribution in [3.8, 4) is 0 Å².